The summed E-state index contributed by atoms with van der Waals surface area (Å²) in [6.07, 6.45) is 4.60. The molecule has 1 aliphatic rings. The molecule has 1 amide bonds. The van der Waals surface area contributed by atoms with Crippen LogP contribution in [-0.4, -0.2) is 25.8 Å². The molecule has 0 bridgehead atoms. The van der Waals surface area contributed by atoms with Gasteiger partial charge in [0.2, 0.25) is 0 Å². The number of nitrogen functional groups attached to an aromatic ring is 1. The van der Waals surface area contributed by atoms with Crippen LogP contribution in [0.3, 0.4) is 0 Å². The Morgan fingerprint density at radius 2 is 2.29 bits per heavy atom. The van der Waals surface area contributed by atoms with Crippen molar-refractivity contribution < 1.29 is 4.79 Å². The number of carbonyl (C=O) groups excluding carboxylic acids is 1. The molecule has 0 atom stereocenters. The number of thiophene rings is 1. The quantitative estimate of drug-likeness (QED) is 0.718. The summed E-state index contributed by atoms with van der Waals surface area (Å²) in [4.78, 5) is 13.2. The van der Waals surface area contributed by atoms with Gasteiger partial charge in [-0.05, 0) is 25.0 Å². The van der Waals surface area contributed by atoms with Crippen LogP contribution in [-0.2, 0) is 0 Å². The number of rotatable bonds is 5. The van der Waals surface area contributed by atoms with E-state index in [1.54, 1.807) is 18.8 Å². The maximum absolute atomic E-state index is 11.6. The van der Waals surface area contributed by atoms with Crippen molar-refractivity contribution in [1.29, 1.82) is 0 Å². The summed E-state index contributed by atoms with van der Waals surface area (Å²) >= 11 is 3.03. The number of carbonyl (C=O) groups is 1. The van der Waals surface area contributed by atoms with E-state index in [4.69, 9.17) is 5.73 Å². The lowest BCUT2D eigenvalue weighted by atomic mass is 10.3. The molecule has 1 heterocycles. The minimum absolute atomic E-state index is 0.109. The molecule has 0 spiro atoms. The van der Waals surface area contributed by atoms with Gasteiger partial charge in [0.1, 0.15) is 9.88 Å². The van der Waals surface area contributed by atoms with E-state index in [2.05, 4.69) is 10.6 Å². The third-order valence-electron chi connectivity index (χ3n) is 2.79. The maximum Gasteiger partial charge on any atom is 0.263 e. The lowest BCUT2D eigenvalue weighted by molar-refractivity contribution is 0.0968. The van der Waals surface area contributed by atoms with Crippen molar-refractivity contribution in [3.05, 3.63) is 4.88 Å². The Kier molecular flexibility index (Phi) is 3.83. The summed E-state index contributed by atoms with van der Waals surface area (Å²) in [7, 11) is 1.62. The van der Waals surface area contributed by atoms with Crippen LogP contribution in [0.15, 0.2) is 4.90 Å². The van der Waals surface area contributed by atoms with Gasteiger partial charge in [-0.15, -0.1) is 23.1 Å². The average Bonchev–Trinajstić information content (AvgIpc) is 3.10. The summed E-state index contributed by atoms with van der Waals surface area (Å²) in [5.74, 6) is 0.693. The largest absolute Gasteiger partial charge is 0.396 e. The Morgan fingerprint density at radius 1 is 1.59 bits per heavy atom. The molecule has 1 saturated carbocycles. The smallest absolute Gasteiger partial charge is 0.263 e. The molecule has 6 heteroatoms. The zero-order chi connectivity index (χ0) is 12.4. The number of hydrogen-bond donors (Lipinski definition) is 3. The van der Waals surface area contributed by atoms with Crippen LogP contribution < -0.4 is 16.4 Å². The van der Waals surface area contributed by atoms with Gasteiger partial charge in [-0.1, -0.05) is 0 Å². The van der Waals surface area contributed by atoms with E-state index in [-0.39, 0.29) is 5.91 Å². The van der Waals surface area contributed by atoms with Crippen molar-refractivity contribution in [3.8, 4) is 0 Å². The molecule has 4 N–H and O–H groups in total. The highest BCUT2D eigenvalue weighted by Crippen LogP contribution is 2.42. The van der Waals surface area contributed by atoms with Crippen molar-refractivity contribution in [1.82, 2.24) is 5.32 Å². The molecule has 17 heavy (non-hydrogen) atoms. The maximum atomic E-state index is 11.6. The molecule has 1 fully saturated rings. The van der Waals surface area contributed by atoms with E-state index in [1.165, 1.54) is 24.2 Å². The van der Waals surface area contributed by atoms with Crippen LogP contribution >= 0.6 is 23.1 Å². The first-order chi connectivity index (χ1) is 8.17. The fraction of sp³-hybridized carbons (Fsp3) is 0.545. The summed E-state index contributed by atoms with van der Waals surface area (Å²) < 4.78 is 0. The topological polar surface area (TPSA) is 67.2 Å². The second-order valence-corrected chi connectivity index (χ2v) is 5.95. The Bertz CT molecular complexity index is 427. The Labute approximate surface area is 109 Å². The van der Waals surface area contributed by atoms with Gasteiger partial charge in [-0.25, -0.2) is 0 Å². The lowest BCUT2D eigenvalue weighted by Crippen LogP contribution is -2.17. The SMILES string of the molecule is CNC(=O)c1sc(NCC2CC2)c(SC)c1N. The highest BCUT2D eigenvalue weighted by molar-refractivity contribution is 7.99. The van der Waals surface area contributed by atoms with Crippen LogP contribution in [0.4, 0.5) is 10.7 Å². The number of amides is 1. The molecule has 1 aromatic heterocycles. The molecule has 0 unspecified atom stereocenters. The predicted octanol–water partition coefficient (Wildman–Crippen LogP) is 2.23. The molecule has 4 nitrogen and oxygen atoms in total. The van der Waals surface area contributed by atoms with Crippen molar-refractivity contribution in [3.63, 3.8) is 0 Å². The molecule has 0 aliphatic heterocycles. The lowest BCUT2D eigenvalue weighted by Gasteiger charge is -2.04. The number of nitrogens with two attached hydrogens (primary N) is 1. The van der Waals surface area contributed by atoms with E-state index in [1.807, 2.05) is 6.26 Å². The summed E-state index contributed by atoms with van der Waals surface area (Å²) in [5, 5.41) is 7.05. The van der Waals surface area contributed by atoms with Crippen molar-refractivity contribution >= 4 is 39.7 Å². The average molecular weight is 271 g/mol. The second-order valence-electron chi connectivity index (χ2n) is 4.11. The van der Waals surface area contributed by atoms with Crippen molar-refractivity contribution in [2.45, 2.75) is 17.7 Å². The number of thioether (sulfide) groups is 1. The highest BCUT2D eigenvalue weighted by atomic mass is 32.2. The monoisotopic (exact) mass is 271 g/mol. The standard InChI is InChI=1S/C11H17N3OS2/c1-13-10(15)8-7(12)9(16-2)11(17-8)14-5-6-3-4-6/h6,14H,3-5,12H2,1-2H3,(H,13,15). The molecular formula is C11H17N3OS2. The van der Waals surface area contributed by atoms with Crippen LogP contribution in [0.2, 0.25) is 0 Å². The summed E-state index contributed by atoms with van der Waals surface area (Å²) in [6.45, 7) is 0.987. The first-order valence-electron chi connectivity index (χ1n) is 5.59. The van der Waals surface area contributed by atoms with Crippen LogP contribution in [0, 0.1) is 5.92 Å². The normalized spacial score (nSPS) is 14.7. The van der Waals surface area contributed by atoms with Crippen LogP contribution in [0.5, 0.6) is 0 Å². The van der Waals surface area contributed by atoms with Gasteiger partial charge in [0.15, 0.2) is 0 Å². The van der Waals surface area contributed by atoms with Gasteiger partial charge in [0, 0.05) is 13.6 Å². The van der Waals surface area contributed by atoms with E-state index < -0.39 is 0 Å². The highest BCUT2D eigenvalue weighted by Gasteiger charge is 2.24. The fourth-order valence-corrected chi connectivity index (χ4v) is 3.58. The fourth-order valence-electron chi connectivity index (χ4n) is 1.59. The van der Waals surface area contributed by atoms with Crippen molar-refractivity contribution in [2.24, 2.45) is 5.92 Å². The summed E-state index contributed by atoms with van der Waals surface area (Å²) in [5.41, 5.74) is 6.60. The van der Waals surface area contributed by atoms with E-state index >= 15 is 0 Å². The first kappa shape index (κ1) is 12.6. The predicted molar refractivity (Wildman–Crippen MR) is 75.1 cm³/mol. The zero-order valence-corrected chi connectivity index (χ0v) is 11.6. The van der Waals surface area contributed by atoms with Gasteiger partial charge < -0.3 is 16.4 Å². The molecule has 0 saturated heterocycles. The molecule has 1 aliphatic carbocycles. The Hall–Kier alpha value is -0.880. The molecular weight excluding hydrogens is 254 g/mol. The van der Waals surface area contributed by atoms with E-state index in [0.29, 0.717) is 10.6 Å². The van der Waals surface area contributed by atoms with Gasteiger partial charge in [0.25, 0.3) is 5.91 Å². The first-order valence-corrected chi connectivity index (χ1v) is 7.63. The molecule has 1 aromatic rings. The van der Waals surface area contributed by atoms with Gasteiger partial charge >= 0.3 is 0 Å². The van der Waals surface area contributed by atoms with Gasteiger partial charge in [-0.3, -0.25) is 4.79 Å². The number of hydrogen-bond acceptors (Lipinski definition) is 5. The van der Waals surface area contributed by atoms with Crippen molar-refractivity contribution in [2.75, 3.05) is 30.9 Å². The number of anilines is 2. The minimum Gasteiger partial charge on any atom is -0.396 e. The Balaban J connectivity index is 2.20. The molecule has 0 radical (unpaired) electrons. The van der Waals surface area contributed by atoms with Gasteiger partial charge in [0.05, 0.1) is 10.6 Å². The molecule has 0 aromatic carbocycles. The molecule has 94 valence electrons. The van der Waals surface area contributed by atoms with Crippen LogP contribution in [0.1, 0.15) is 22.5 Å². The molecule has 2 rings (SSSR count). The second kappa shape index (κ2) is 5.18. The zero-order valence-electron chi connectivity index (χ0n) is 10.0. The Morgan fingerprint density at radius 3 is 2.82 bits per heavy atom. The van der Waals surface area contributed by atoms with Gasteiger partial charge in [-0.2, -0.15) is 0 Å². The minimum atomic E-state index is -0.109. The third kappa shape index (κ3) is 2.69. The third-order valence-corrected chi connectivity index (χ3v) is 4.91. The van der Waals surface area contributed by atoms with E-state index in [9.17, 15) is 4.79 Å². The van der Waals surface area contributed by atoms with E-state index in [0.717, 1.165) is 22.4 Å². The number of nitrogens with one attached hydrogen (secondary N) is 2. The summed E-state index contributed by atoms with van der Waals surface area (Å²) in [6, 6.07) is 0. The van der Waals surface area contributed by atoms with Crippen LogP contribution in [0.25, 0.3) is 0 Å².